The van der Waals surface area contributed by atoms with E-state index >= 15 is 0 Å². The van der Waals surface area contributed by atoms with Crippen molar-refractivity contribution in [3.05, 3.63) is 75.8 Å². The largest absolute Gasteiger partial charge is 0.446 e. The third-order valence-corrected chi connectivity index (χ3v) is 5.09. The number of esters is 1. The minimum absolute atomic E-state index is 0.142. The van der Waals surface area contributed by atoms with Gasteiger partial charge in [-0.3, -0.25) is 9.59 Å². The molecule has 1 heterocycles. The molecule has 0 aliphatic carbocycles. The second kappa shape index (κ2) is 7.97. The highest BCUT2D eigenvalue weighted by Gasteiger charge is 2.35. The van der Waals surface area contributed by atoms with Crippen LogP contribution >= 0.6 is 23.2 Å². The fourth-order valence-corrected chi connectivity index (χ4v) is 3.71. The molecule has 3 aromatic carbocycles. The average Bonchev–Trinajstić information content (AvgIpc) is 3.12. The standard InChI is InChI=1S/C22H16Cl2N2O4/c1-12(27)26-22(17-8-7-16(23)11-19(17)24)30-21(25-26)18-9-14-5-3-4-6-15(14)10-20(18)29-13(2)28/h3-11,22H,1-2H3. The van der Waals surface area contributed by atoms with Gasteiger partial charge in [-0.05, 0) is 35.0 Å². The highest BCUT2D eigenvalue weighted by atomic mass is 35.5. The van der Waals surface area contributed by atoms with Gasteiger partial charge in [-0.1, -0.05) is 53.5 Å². The van der Waals surface area contributed by atoms with E-state index in [4.69, 9.17) is 32.7 Å². The minimum Gasteiger partial charge on any atom is -0.446 e. The molecule has 1 atom stereocenters. The van der Waals surface area contributed by atoms with Crippen molar-refractivity contribution in [2.24, 2.45) is 5.10 Å². The Balaban J connectivity index is 1.81. The van der Waals surface area contributed by atoms with Crippen LogP contribution in [0.2, 0.25) is 10.0 Å². The molecule has 4 rings (SSSR count). The van der Waals surface area contributed by atoms with Crippen LogP contribution in [0.1, 0.15) is 31.2 Å². The Morgan fingerprint density at radius 2 is 1.73 bits per heavy atom. The summed E-state index contributed by atoms with van der Waals surface area (Å²) < 4.78 is 11.4. The maximum Gasteiger partial charge on any atom is 0.308 e. The summed E-state index contributed by atoms with van der Waals surface area (Å²) in [5.74, 6) is -0.392. The zero-order valence-corrected chi connectivity index (χ0v) is 17.6. The molecule has 0 spiro atoms. The van der Waals surface area contributed by atoms with Gasteiger partial charge in [0.1, 0.15) is 5.75 Å². The van der Waals surface area contributed by atoms with Crippen LogP contribution in [0, 0.1) is 0 Å². The van der Waals surface area contributed by atoms with Gasteiger partial charge in [-0.2, -0.15) is 5.01 Å². The number of ether oxygens (including phenoxy) is 2. The van der Waals surface area contributed by atoms with Crippen molar-refractivity contribution in [1.82, 2.24) is 5.01 Å². The van der Waals surface area contributed by atoms with E-state index in [1.54, 1.807) is 30.3 Å². The highest BCUT2D eigenvalue weighted by molar-refractivity contribution is 6.35. The number of benzene rings is 3. The Hall–Kier alpha value is -3.09. The van der Waals surface area contributed by atoms with Gasteiger partial charge < -0.3 is 9.47 Å². The Morgan fingerprint density at radius 3 is 2.37 bits per heavy atom. The normalized spacial score (nSPS) is 15.7. The van der Waals surface area contributed by atoms with E-state index < -0.39 is 12.2 Å². The van der Waals surface area contributed by atoms with Crippen LogP contribution in [0.15, 0.2) is 59.7 Å². The SMILES string of the molecule is CC(=O)Oc1cc2ccccc2cc1C1=NN(C(C)=O)C(c2ccc(Cl)cc2Cl)O1. The summed E-state index contributed by atoms with van der Waals surface area (Å²) in [6.07, 6.45) is -0.876. The van der Waals surface area contributed by atoms with Crippen molar-refractivity contribution in [3.8, 4) is 5.75 Å². The zero-order valence-electron chi connectivity index (χ0n) is 16.1. The molecule has 0 bridgehead atoms. The number of hydrogen-bond acceptors (Lipinski definition) is 5. The maximum absolute atomic E-state index is 12.2. The second-order valence-corrected chi connectivity index (χ2v) is 7.54. The molecular weight excluding hydrogens is 427 g/mol. The number of halogens is 2. The van der Waals surface area contributed by atoms with Crippen LogP contribution in [-0.4, -0.2) is 22.8 Å². The summed E-state index contributed by atoms with van der Waals surface area (Å²) >= 11 is 12.3. The van der Waals surface area contributed by atoms with E-state index in [9.17, 15) is 9.59 Å². The first-order valence-corrected chi connectivity index (χ1v) is 9.80. The van der Waals surface area contributed by atoms with Crippen molar-refractivity contribution < 1.29 is 19.1 Å². The monoisotopic (exact) mass is 442 g/mol. The van der Waals surface area contributed by atoms with Crippen LogP contribution in [0.5, 0.6) is 5.75 Å². The van der Waals surface area contributed by atoms with Crippen LogP contribution in [0.4, 0.5) is 0 Å². The first-order valence-electron chi connectivity index (χ1n) is 9.05. The number of fused-ring (bicyclic) bond motifs is 1. The summed E-state index contributed by atoms with van der Waals surface area (Å²) in [6, 6.07) is 16.0. The van der Waals surface area contributed by atoms with Gasteiger partial charge in [-0.15, -0.1) is 5.10 Å². The fraction of sp³-hybridized carbons (Fsp3) is 0.136. The van der Waals surface area contributed by atoms with Crippen molar-refractivity contribution in [2.45, 2.75) is 20.1 Å². The number of hydrazone groups is 1. The minimum atomic E-state index is -0.876. The highest BCUT2D eigenvalue weighted by Crippen LogP contribution is 2.37. The van der Waals surface area contributed by atoms with Gasteiger partial charge in [0, 0.05) is 24.4 Å². The lowest BCUT2D eigenvalue weighted by atomic mass is 10.1. The molecule has 1 aliphatic heterocycles. The predicted octanol–water partition coefficient (Wildman–Crippen LogP) is 5.31. The maximum atomic E-state index is 12.2. The molecule has 0 fully saturated rings. The van der Waals surface area contributed by atoms with Gasteiger partial charge in [0.05, 0.1) is 10.6 Å². The molecule has 0 aromatic heterocycles. The lowest BCUT2D eigenvalue weighted by molar-refractivity contribution is -0.135. The third-order valence-electron chi connectivity index (χ3n) is 4.53. The molecule has 0 radical (unpaired) electrons. The first-order chi connectivity index (χ1) is 14.3. The quantitative estimate of drug-likeness (QED) is 0.407. The molecule has 0 N–H and O–H groups in total. The number of rotatable bonds is 3. The smallest absolute Gasteiger partial charge is 0.308 e. The Bertz CT molecular complexity index is 1210. The Kier molecular flexibility index (Phi) is 5.37. The molecule has 6 nitrogen and oxygen atoms in total. The Labute approximate surface area is 182 Å². The summed E-state index contributed by atoms with van der Waals surface area (Å²) in [4.78, 5) is 23.9. The van der Waals surface area contributed by atoms with E-state index in [0.717, 1.165) is 10.8 Å². The molecule has 30 heavy (non-hydrogen) atoms. The van der Waals surface area contributed by atoms with Gasteiger partial charge in [-0.25, -0.2) is 0 Å². The van der Waals surface area contributed by atoms with Crippen LogP contribution < -0.4 is 4.74 Å². The van der Waals surface area contributed by atoms with Crippen LogP contribution in [0.3, 0.4) is 0 Å². The fourth-order valence-electron chi connectivity index (χ4n) is 3.21. The second-order valence-electron chi connectivity index (χ2n) is 6.69. The Morgan fingerprint density at radius 1 is 1.03 bits per heavy atom. The summed E-state index contributed by atoms with van der Waals surface area (Å²) in [5.41, 5.74) is 0.979. The van der Waals surface area contributed by atoms with Gasteiger partial charge in [0.15, 0.2) is 0 Å². The third kappa shape index (κ3) is 3.84. The van der Waals surface area contributed by atoms with Crippen molar-refractivity contribution in [2.75, 3.05) is 0 Å². The molecule has 1 aliphatic rings. The van der Waals surface area contributed by atoms with Gasteiger partial charge >= 0.3 is 5.97 Å². The van der Waals surface area contributed by atoms with E-state index in [-0.39, 0.29) is 17.6 Å². The average molecular weight is 443 g/mol. The van der Waals surface area contributed by atoms with Crippen molar-refractivity contribution in [1.29, 1.82) is 0 Å². The number of amides is 1. The lowest BCUT2D eigenvalue weighted by Gasteiger charge is -2.20. The zero-order chi connectivity index (χ0) is 21.4. The topological polar surface area (TPSA) is 68.2 Å². The number of carbonyl (C=O) groups is 2. The number of carbonyl (C=O) groups excluding carboxylic acids is 2. The number of nitrogens with zero attached hydrogens (tertiary/aromatic N) is 2. The van der Waals surface area contributed by atoms with Gasteiger partial charge in [0.2, 0.25) is 18.0 Å². The molecule has 3 aromatic rings. The van der Waals surface area contributed by atoms with Gasteiger partial charge in [0.25, 0.3) is 0 Å². The molecule has 1 amide bonds. The van der Waals surface area contributed by atoms with Crippen molar-refractivity contribution in [3.63, 3.8) is 0 Å². The molecule has 1 unspecified atom stereocenters. The molecular formula is C22H16Cl2N2O4. The lowest BCUT2D eigenvalue weighted by Crippen LogP contribution is -2.25. The summed E-state index contributed by atoms with van der Waals surface area (Å²) in [7, 11) is 0. The predicted molar refractivity (Wildman–Crippen MR) is 115 cm³/mol. The van der Waals surface area contributed by atoms with Crippen molar-refractivity contribution >= 4 is 51.7 Å². The molecule has 0 saturated carbocycles. The molecule has 8 heteroatoms. The van der Waals surface area contributed by atoms with E-state index in [2.05, 4.69) is 5.10 Å². The summed E-state index contributed by atoms with van der Waals surface area (Å²) in [6.45, 7) is 2.69. The molecule has 152 valence electrons. The molecule has 0 saturated heterocycles. The first kappa shape index (κ1) is 20.2. The van der Waals surface area contributed by atoms with E-state index in [1.165, 1.54) is 18.9 Å². The number of hydrogen-bond donors (Lipinski definition) is 0. The van der Waals surface area contributed by atoms with E-state index in [1.807, 2.05) is 24.3 Å². The van der Waals surface area contributed by atoms with Crippen LogP contribution in [-0.2, 0) is 14.3 Å². The van der Waals surface area contributed by atoms with Crippen LogP contribution in [0.25, 0.3) is 10.8 Å². The summed E-state index contributed by atoms with van der Waals surface area (Å²) in [5, 5.41) is 8.13. The van der Waals surface area contributed by atoms with E-state index in [0.29, 0.717) is 21.2 Å².